The Morgan fingerprint density at radius 1 is 0.892 bits per heavy atom. The van der Waals surface area contributed by atoms with Crippen molar-refractivity contribution in [1.82, 2.24) is 9.47 Å². The summed E-state index contributed by atoms with van der Waals surface area (Å²) >= 11 is 0. The molecule has 0 spiro atoms. The number of halogens is 1. The van der Waals surface area contributed by atoms with Crippen molar-refractivity contribution in [1.29, 1.82) is 0 Å². The normalized spacial score (nSPS) is 13.9. The van der Waals surface area contributed by atoms with Crippen LogP contribution in [0.15, 0.2) is 66.7 Å². The average molecular weight is 521 g/mol. The third-order valence-corrected chi connectivity index (χ3v) is 6.97. The zero-order chi connectivity index (χ0) is 25.1. The highest BCUT2D eigenvalue weighted by molar-refractivity contribution is 6.20. The third-order valence-electron chi connectivity index (χ3n) is 6.97. The van der Waals surface area contributed by atoms with Crippen molar-refractivity contribution in [3.8, 4) is 28.5 Å². The molecular formula is C30H33ClN2O4. The van der Waals surface area contributed by atoms with E-state index in [4.69, 9.17) is 4.74 Å². The topological polar surface area (TPSA) is 74.9 Å². The molecule has 1 aliphatic heterocycles. The van der Waals surface area contributed by atoms with Gasteiger partial charge in [-0.3, -0.25) is 9.69 Å². The van der Waals surface area contributed by atoms with Crippen molar-refractivity contribution >= 4 is 29.1 Å². The van der Waals surface area contributed by atoms with Gasteiger partial charge in [-0.2, -0.15) is 0 Å². The number of hydrogen-bond donors (Lipinski definition) is 2. The van der Waals surface area contributed by atoms with Gasteiger partial charge in [0.15, 0.2) is 5.78 Å². The predicted molar refractivity (Wildman–Crippen MR) is 149 cm³/mol. The molecule has 5 rings (SSSR count). The summed E-state index contributed by atoms with van der Waals surface area (Å²) in [7, 11) is 0. The molecule has 7 heteroatoms. The van der Waals surface area contributed by atoms with Gasteiger partial charge in [0.05, 0.1) is 16.8 Å². The number of carbonyl (C=O) groups excluding carboxylic acids is 1. The molecule has 194 valence electrons. The Hall–Kier alpha value is -3.48. The summed E-state index contributed by atoms with van der Waals surface area (Å²) in [6.07, 6.45) is 3.84. The largest absolute Gasteiger partial charge is 0.508 e. The van der Waals surface area contributed by atoms with Gasteiger partial charge in [0.25, 0.3) is 0 Å². The first kappa shape index (κ1) is 26.6. The van der Waals surface area contributed by atoms with Gasteiger partial charge in [-0.25, -0.2) is 0 Å². The molecule has 0 atom stereocenters. The Morgan fingerprint density at radius 2 is 1.57 bits per heavy atom. The molecule has 0 amide bonds. The second-order valence-corrected chi connectivity index (χ2v) is 9.32. The molecule has 1 fully saturated rings. The minimum atomic E-state index is -0.0965. The van der Waals surface area contributed by atoms with Crippen LogP contribution in [0.4, 0.5) is 0 Å². The van der Waals surface area contributed by atoms with Crippen LogP contribution in [0.1, 0.15) is 42.1 Å². The maximum atomic E-state index is 13.9. The number of carbonyl (C=O) groups is 1. The smallest absolute Gasteiger partial charge is 0.195 e. The van der Waals surface area contributed by atoms with E-state index in [-0.39, 0.29) is 29.7 Å². The monoisotopic (exact) mass is 520 g/mol. The fourth-order valence-electron chi connectivity index (χ4n) is 5.14. The van der Waals surface area contributed by atoms with Crippen LogP contribution in [0.3, 0.4) is 0 Å². The molecule has 1 saturated heterocycles. The van der Waals surface area contributed by atoms with E-state index in [0.29, 0.717) is 24.3 Å². The molecule has 0 aliphatic carbocycles. The van der Waals surface area contributed by atoms with Crippen molar-refractivity contribution in [2.45, 2.75) is 32.7 Å². The van der Waals surface area contributed by atoms with Gasteiger partial charge in [-0.15, -0.1) is 12.4 Å². The van der Waals surface area contributed by atoms with Crippen LogP contribution < -0.4 is 4.74 Å². The van der Waals surface area contributed by atoms with Crippen LogP contribution in [0.25, 0.3) is 22.2 Å². The highest BCUT2D eigenvalue weighted by Crippen LogP contribution is 2.37. The van der Waals surface area contributed by atoms with Crippen LogP contribution in [0, 0.1) is 0 Å². The average Bonchev–Trinajstić information content (AvgIpc) is 3.23. The lowest BCUT2D eigenvalue weighted by atomic mass is 9.97. The van der Waals surface area contributed by atoms with Crippen molar-refractivity contribution in [2.24, 2.45) is 0 Å². The maximum absolute atomic E-state index is 13.9. The Labute approximate surface area is 223 Å². The van der Waals surface area contributed by atoms with E-state index >= 15 is 0 Å². The van der Waals surface area contributed by atoms with Crippen molar-refractivity contribution < 1.29 is 19.7 Å². The van der Waals surface area contributed by atoms with E-state index in [0.717, 1.165) is 47.5 Å². The molecule has 4 aromatic rings. The second-order valence-electron chi connectivity index (χ2n) is 9.32. The van der Waals surface area contributed by atoms with Crippen LogP contribution >= 0.6 is 12.4 Å². The SMILES string of the molecule is CCn1c(-c2ccc(O)cc2)c(C(=O)c2ccc(OCCN3CCCCC3)cc2)c2ccc(O)cc21.Cl. The minimum absolute atomic E-state index is 0. The number of aromatic hydroxyl groups is 2. The van der Waals surface area contributed by atoms with Crippen LogP contribution in [-0.2, 0) is 6.54 Å². The molecule has 1 aliphatic rings. The first-order valence-electron chi connectivity index (χ1n) is 12.7. The van der Waals surface area contributed by atoms with E-state index in [1.54, 1.807) is 30.3 Å². The summed E-state index contributed by atoms with van der Waals surface area (Å²) < 4.78 is 7.98. The van der Waals surface area contributed by atoms with Gasteiger partial charge >= 0.3 is 0 Å². The third kappa shape index (κ3) is 5.60. The van der Waals surface area contributed by atoms with Gasteiger partial charge in [0.2, 0.25) is 0 Å². The summed E-state index contributed by atoms with van der Waals surface area (Å²) in [4.78, 5) is 16.3. The van der Waals surface area contributed by atoms with Gasteiger partial charge in [0.1, 0.15) is 23.9 Å². The Morgan fingerprint density at radius 3 is 2.24 bits per heavy atom. The number of phenols is 2. The number of ether oxygens (including phenoxy) is 1. The van der Waals surface area contributed by atoms with E-state index in [1.807, 2.05) is 47.9 Å². The number of aromatic nitrogens is 1. The molecule has 2 N–H and O–H groups in total. The number of fused-ring (bicyclic) bond motifs is 1. The molecule has 2 heterocycles. The molecule has 3 aromatic carbocycles. The van der Waals surface area contributed by atoms with Crippen LogP contribution in [-0.4, -0.2) is 51.7 Å². The summed E-state index contributed by atoms with van der Waals surface area (Å²) in [6.45, 7) is 6.46. The lowest BCUT2D eigenvalue weighted by Crippen LogP contribution is -2.33. The molecular weight excluding hydrogens is 488 g/mol. The summed E-state index contributed by atoms with van der Waals surface area (Å²) in [5, 5.41) is 20.7. The number of benzene rings is 3. The Balaban J connectivity index is 0.00000320. The molecule has 37 heavy (non-hydrogen) atoms. The zero-order valence-corrected chi connectivity index (χ0v) is 21.8. The summed E-state index contributed by atoms with van der Waals surface area (Å²) in [5.41, 5.74) is 3.54. The number of likely N-dealkylation sites (tertiary alicyclic amines) is 1. The first-order valence-corrected chi connectivity index (χ1v) is 12.7. The minimum Gasteiger partial charge on any atom is -0.508 e. The number of aryl methyl sites for hydroxylation is 1. The Kier molecular flexibility index (Phi) is 8.41. The van der Waals surface area contributed by atoms with Gasteiger partial charge < -0.3 is 19.5 Å². The summed E-state index contributed by atoms with van der Waals surface area (Å²) in [6, 6.07) is 19.3. The number of hydrogen-bond acceptors (Lipinski definition) is 5. The summed E-state index contributed by atoms with van der Waals surface area (Å²) in [5.74, 6) is 0.973. The molecule has 6 nitrogen and oxygen atoms in total. The quantitative estimate of drug-likeness (QED) is 0.268. The lowest BCUT2D eigenvalue weighted by Gasteiger charge is -2.26. The standard InChI is InChI=1S/C30H32N2O4.ClH/c1-2-32-27-20-24(34)12-15-26(27)28(29(32)21-6-10-23(33)11-7-21)30(35)22-8-13-25(14-9-22)36-19-18-31-16-4-3-5-17-31;/h6-15,20,33-34H,2-5,16-19H2,1H3;1H. The highest BCUT2D eigenvalue weighted by atomic mass is 35.5. The van der Waals surface area contributed by atoms with Crippen molar-refractivity contribution in [2.75, 3.05) is 26.2 Å². The van der Waals surface area contributed by atoms with Gasteiger partial charge in [0, 0.05) is 30.1 Å². The number of ketones is 1. The number of phenolic OH excluding ortho intramolecular Hbond substituents is 2. The van der Waals surface area contributed by atoms with Gasteiger partial charge in [-0.1, -0.05) is 6.42 Å². The first-order chi connectivity index (χ1) is 17.5. The fourth-order valence-corrected chi connectivity index (χ4v) is 5.14. The van der Waals surface area contributed by atoms with Crippen LogP contribution in [0.2, 0.25) is 0 Å². The molecule has 0 bridgehead atoms. The predicted octanol–water partition coefficient (Wildman–Crippen LogP) is 6.26. The highest BCUT2D eigenvalue weighted by Gasteiger charge is 2.24. The number of nitrogens with zero attached hydrogens (tertiary/aromatic N) is 2. The van der Waals surface area contributed by atoms with E-state index in [1.165, 1.54) is 19.3 Å². The zero-order valence-electron chi connectivity index (χ0n) is 21.0. The number of rotatable bonds is 8. The molecule has 1 aromatic heterocycles. The van der Waals surface area contributed by atoms with Crippen molar-refractivity contribution in [3.63, 3.8) is 0 Å². The van der Waals surface area contributed by atoms with E-state index < -0.39 is 0 Å². The number of piperidine rings is 1. The van der Waals surface area contributed by atoms with Crippen molar-refractivity contribution in [3.05, 3.63) is 77.9 Å². The van der Waals surface area contributed by atoms with Gasteiger partial charge in [-0.05, 0) is 99.1 Å². The second kappa shape index (κ2) is 11.7. The maximum Gasteiger partial charge on any atom is 0.195 e. The van der Waals surface area contributed by atoms with Crippen LogP contribution in [0.5, 0.6) is 17.2 Å². The molecule has 0 radical (unpaired) electrons. The van der Waals surface area contributed by atoms with E-state index in [9.17, 15) is 15.0 Å². The molecule has 0 unspecified atom stereocenters. The Bertz CT molecular complexity index is 1360. The lowest BCUT2D eigenvalue weighted by molar-refractivity contribution is 0.104. The molecule has 0 saturated carbocycles. The fraction of sp³-hybridized carbons (Fsp3) is 0.300. The van der Waals surface area contributed by atoms with E-state index in [2.05, 4.69) is 4.90 Å².